The Labute approximate surface area is 118 Å². The standard InChI is InChI=1S/C16H18N3O/c1-11(14-7-4-9-18-14)19-10-8-12-5-2-3-6-13(12)15(19)16(17)20/h3-7,9,11,15,18H,8,10H2,1H3,(H2,17,20). The normalized spacial score (nSPS) is 20.4. The number of benzene rings is 1. The highest BCUT2D eigenvalue weighted by atomic mass is 16.1. The van der Waals surface area contributed by atoms with Gasteiger partial charge in [0.1, 0.15) is 6.04 Å². The van der Waals surface area contributed by atoms with E-state index >= 15 is 0 Å². The number of hydrogen-bond donors (Lipinski definition) is 2. The number of primary amides is 1. The number of amides is 1. The second-order valence-electron chi connectivity index (χ2n) is 5.22. The molecule has 0 fully saturated rings. The number of rotatable bonds is 3. The number of H-pyrrole nitrogens is 1. The third-order valence-corrected chi connectivity index (χ3v) is 4.09. The minimum Gasteiger partial charge on any atom is -0.368 e. The average Bonchev–Trinajstić information content (AvgIpc) is 2.99. The number of aromatic nitrogens is 1. The molecule has 2 aromatic rings. The maximum Gasteiger partial charge on any atom is 0.239 e. The second-order valence-corrected chi connectivity index (χ2v) is 5.22. The average molecular weight is 268 g/mol. The van der Waals surface area contributed by atoms with Crippen molar-refractivity contribution in [1.82, 2.24) is 9.88 Å². The summed E-state index contributed by atoms with van der Waals surface area (Å²) in [4.78, 5) is 17.3. The summed E-state index contributed by atoms with van der Waals surface area (Å²) in [7, 11) is 0. The fourth-order valence-electron chi connectivity index (χ4n) is 3.03. The minimum atomic E-state index is -0.369. The van der Waals surface area contributed by atoms with Crippen molar-refractivity contribution in [2.45, 2.75) is 25.4 Å². The lowest BCUT2D eigenvalue weighted by molar-refractivity contribution is -0.124. The predicted molar refractivity (Wildman–Crippen MR) is 76.8 cm³/mol. The molecule has 0 bridgehead atoms. The lowest BCUT2D eigenvalue weighted by Gasteiger charge is -2.39. The van der Waals surface area contributed by atoms with Crippen molar-refractivity contribution in [2.75, 3.05) is 6.54 Å². The first-order valence-electron chi connectivity index (χ1n) is 6.85. The first-order chi connectivity index (χ1) is 9.68. The molecule has 1 amide bonds. The molecule has 3 rings (SSSR count). The molecule has 20 heavy (non-hydrogen) atoms. The van der Waals surface area contributed by atoms with Gasteiger partial charge in [0.2, 0.25) is 5.91 Å². The first kappa shape index (κ1) is 12.9. The molecule has 1 aliphatic rings. The van der Waals surface area contributed by atoms with E-state index in [4.69, 9.17) is 5.73 Å². The quantitative estimate of drug-likeness (QED) is 0.894. The zero-order valence-corrected chi connectivity index (χ0v) is 11.5. The monoisotopic (exact) mass is 268 g/mol. The molecule has 0 aliphatic carbocycles. The molecule has 1 aromatic heterocycles. The third-order valence-electron chi connectivity index (χ3n) is 4.09. The number of nitrogens with one attached hydrogen (secondary N) is 1. The highest BCUT2D eigenvalue weighted by molar-refractivity contribution is 5.82. The van der Waals surface area contributed by atoms with Crippen LogP contribution in [-0.2, 0) is 11.2 Å². The van der Waals surface area contributed by atoms with Crippen LogP contribution in [0.25, 0.3) is 0 Å². The summed E-state index contributed by atoms with van der Waals surface area (Å²) in [6.45, 7) is 2.92. The lowest BCUT2D eigenvalue weighted by atomic mass is 9.90. The van der Waals surface area contributed by atoms with Gasteiger partial charge < -0.3 is 10.7 Å². The van der Waals surface area contributed by atoms with E-state index < -0.39 is 0 Å². The highest BCUT2D eigenvalue weighted by Crippen LogP contribution is 2.35. The van der Waals surface area contributed by atoms with Gasteiger partial charge in [0.25, 0.3) is 0 Å². The van der Waals surface area contributed by atoms with E-state index in [9.17, 15) is 4.79 Å². The van der Waals surface area contributed by atoms with Crippen molar-refractivity contribution in [1.29, 1.82) is 0 Å². The predicted octanol–water partition coefficient (Wildman–Crippen LogP) is 1.96. The van der Waals surface area contributed by atoms with Crippen LogP contribution in [0.3, 0.4) is 0 Å². The zero-order chi connectivity index (χ0) is 14.1. The van der Waals surface area contributed by atoms with Gasteiger partial charge in [-0.15, -0.1) is 0 Å². The fraction of sp³-hybridized carbons (Fsp3) is 0.312. The summed E-state index contributed by atoms with van der Waals surface area (Å²) >= 11 is 0. The summed E-state index contributed by atoms with van der Waals surface area (Å²) in [5.74, 6) is -0.296. The molecule has 0 saturated carbocycles. The fourth-order valence-corrected chi connectivity index (χ4v) is 3.03. The Hall–Kier alpha value is -2.07. The van der Waals surface area contributed by atoms with Gasteiger partial charge in [0.05, 0.1) is 0 Å². The van der Waals surface area contributed by atoms with Crippen molar-refractivity contribution >= 4 is 5.91 Å². The van der Waals surface area contributed by atoms with Crippen LogP contribution in [0.2, 0.25) is 0 Å². The lowest BCUT2D eigenvalue weighted by Crippen LogP contribution is -2.43. The zero-order valence-electron chi connectivity index (χ0n) is 11.5. The molecule has 0 spiro atoms. The van der Waals surface area contributed by atoms with E-state index in [0.29, 0.717) is 0 Å². The van der Waals surface area contributed by atoms with Crippen LogP contribution in [-0.4, -0.2) is 22.3 Å². The van der Waals surface area contributed by atoms with Crippen LogP contribution < -0.4 is 5.73 Å². The first-order valence-corrected chi connectivity index (χ1v) is 6.85. The SMILES string of the molecule is CC(c1ccc[nH]1)N1CCc2c[c]ccc2C1C(N)=O. The Morgan fingerprint density at radius 1 is 1.55 bits per heavy atom. The van der Waals surface area contributed by atoms with Gasteiger partial charge in [0, 0.05) is 24.5 Å². The van der Waals surface area contributed by atoms with E-state index in [2.05, 4.69) is 22.9 Å². The summed E-state index contributed by atoms with van der Waals surface area (Å²) in [6, 6.07) is 12.6. The van der Waals surface area contributed by atoms with E-state index in [1.807, 2.05) is 36.5 Å². The van der Waals surface area contributed by atoms with Crippen LogP contribution in [0, 0.1) is 6.07 Å². The van der Waals surface area contributed by atoms with E-state index in [0.717, 1.165) is 24.2 Å². The number of nitrogens with two attached hydrogens (primary N) is 1. The molecule has 4 nitrogen and oxygen atoms in total. The third kappa shape index (κ3) is 2.12. The smallest absolute Gasteiger partial charge is 0.239 e. The molecule has 2 atom stereocenters. The van der Waals surface area contributed by atoms with Crippen LogP contribution >= 0.6 is 0 Å². The molecule has 4 heteroatoms. The molecular formula is C16H18N3O. The van der Waals surface area contributed by atoms with Crippen LogP contribution in [0.1, 0.15) is 35.8 Å². The molecule has 103 valence electrons. The molecule has 2 heterocycles. The number of nitrogens with zero attached hydrogens (tertiary/aromatic N) is 1. The summed E-state index contributed by atoms with van der Waals surface area (Å²) < 4.78 is 0. The minimum absolute atomic E-state index is 0.125. The molecule has 3 N–H and O–H groups in total. The number of aromatic amines is 1. The Bertz CT molecular complexity index is 606. The van der Waals surface area contributed by atoms with Crippen molar-refractivity contribution in [3.63, 3.8) is 0 Å². The number of hydrogen-bond acceptors (Lipinski definition) is 2. The van der Waals surface area contributed by atoms with Crippen molar-refractivity contribution < 1.29 is 4.79 Å². The second kappa shape index (κ2) is 5.13. The summed E-state index contributed by atoms with van der Waals surface area (Å²) in [5.41, 5.74) is 8.95. The van der Waals surface area contributed by atoms with Gasteiger partial charge in [-0.1, -0.05) is 18.2 Å². The molecule has 0 saturated heterocycles. The Kier molecular flexibility index (Phi) is 3.32. The number of fused-ring (bicyclic) bond motifs is 1. The van der Waals surface area contributed by atoms with Gasteiger partial charge in [0.15, 0.2) is 0 Å². The van der Waals surface area contributed by atoms with Gasteiger partial charge in [-0.2, -0.15) is 0 Å². The molecular weight excluding hydrogens is 250 g/mol. The van der Waals surface area contributed by atoms with Gasteiger partial charge >= 0.3 is 0 Å². The van der Waals surface area contributed by atoms with Gasteiger partial charge in [-0.25, -0.2) is 0 Å². The van der Waals surface area contributed by atoms with Crippen molar-refractivity contribution in [3.05, 3.63) is 59.4 Å². The maximum absolute atomic E-state index is 12.0. The van der Waals surface area contributed by atoms with E-state index in [-0.39, 0.29) is 18.0 Å². The Morgan fingerprint density at radius 3 is 3.10 bits per heavy atom. The van der Waals surface area contributed by atoms with E-state index in [1.54, 1.807) is 0 Å². The van der Waals surface area contributed by atoms with Crippen LogP contribution in [0.5, 0.6) is 0 Å². The van der Waals surface area contributed by atoms with Crippen molar-refractivity contribution in [3.8, 4) is 0 Å². The Balaban J connectivity index is 1.98. The van der Waals surface area contributed by atoms with Gasteiger partial charge in [-0.3, -0.25) is 9.69 Å². The molecule has 2 unspecified atom stereocenters. The molecule has 1 aromatic carbocycles. The van der Waals surface area contributed by atoms with E-state index in [1.165, 1.54) is 5.56 Å². The maximum atomic E-state index is 12.0. The molecule has 1 radical (unpaired) electrons. The van der Waals surface area contributed by atoms with Crippen LogP contribution in [0.4, 0.5) is 0 Å². The molecule has 1 aliphatic heterocycles. The van der Waals surface area contributed by atoms with Crippen molar-refractivity contribution in [2.24, 2.45) is 5.73 Å². The highest BCUT2D eigenvalue weighted by Gasteiger charge is 2.34. The summed E-state index contributed by atoms with van der Waals surface area (Å²) in [6.07, 6.45) is 2.82. The number of carbonyl (C=O) groups is 1. The number of carbonyl (C=O) groups excluding carboxylic acids is 1. The van der Waals surface area contributed by atoms with Gasteiger partial charge in [-0.05, 0) is 42.7 Å². The largest absolute Gasteiger partial charge is 0.368 e. The summed E-state index contributed by atoms with van der Waals surface area (Å²) in [5, 5.41) is 0. The Morgan fingerprint density at radius 2 is 2.40 bits per heavy atom. The topological polar surface area (TPSA) is 62.1 Å². The van der Waals surface area contributed by atoms with Crippen LogP contribution in [0.15, 0.2) is 36.5 Å².